The Morgan fingerprint density at radius 3 is 2.20 bits per heavy atom. The van der Waals surface area contributed by atoms with E-state index >= 15 is 0 Å². The molecule has 1 atom stereocenters. The second-order valence-corrected chi connectivity index (χ2v) is 5.88. The Morgan fingerprint density at radius 2 is 1.75 bits per heavy atom. The standard InChI is InChI=1S/C13H21F3N2O2/c1-5-12(4)9(19)17-11(2,3)10(20)18(12)8-6-7-13(14,15)16/h5-8H2,1-4H3,(H,17,19). The summed E-state index contributed by atoms with van der Waals surface area (Å²) >= 11 is 0. The smallest absolute Gasteiger partial charge is 0.340 e. The maximum absolute atomic E-state index is 12.4. The molecular weight excluding hydrogens is 273 g/mol. The van der Waals surface area contributed by atoms with Crippen LogP contribution >= 0.6 is 0 Å². The van der Waals surface area contributed by atoms with E-state index in [1.165, 1.54) is 4.90 Å². The van der Waals surface area contributed by atoms with Gasteiger partial charge in [-0.3, -0.25) is 9.59 Å². The molecule has 0 bridgehead atoms. The van der Waals surface area contributed by atoms with E-state index in [4.69, 9.17) is 0 Å². The number of alkyl halides is 3. The van der Waals surface area contributed by atoms with Crippen LogP contribution in [0.25, 0.3) is 0 Å². The molecule has 0 aromatic heterocycles. The summed E-state index contributed by atoms with van der Waals surface area (Å²) in [6.45, 7) is 6.36. The van der Waals surface area contributed by atoms with Crippen LogP contribution < -0.4 is 5.32 Å². The Kier molecular flexibility index (Phi) is 4.41. The lowest BCUT2D eigenvalue weighted by molar-refractivity contribution is -0.163. The second-order valence-electron chi connectivity index (χ2n) is 5.88. The molecular formula is C13H21F3N2O2. The first-order chi connectivity index (χ1) is 8.94. The van der Waals surface area contributed by atoms with Crippen molar-refractivity contribution in [2.24, 2.45) is 0 Å². The highest BCUT2D eigenvalue weighted by atomic mass is 19.4. The lowest BCUT2D eigenvalue weighted by atomic mass is 9.86. The van der Waals surface area contributed by atoms with Crippen molar-refractivity contribution in [3.63, 3.8) is 0 Å². The van der Waals surface area contributed by atoms with E-state index in [9.17, 15) is 22.8 Å². The second kappa shape index (κ2) is 5.26. The van der Waals surface area contributed by atoms with Crippen molar-refractivity contribution >= 4 is 11.8 Å². The van der Waals surface area contributed by atoms with Crippen molar-refractivity contribution < 1.29 is 22.8 Å². The summed E-state index contributed by atoms with van der Waals surface area (Å²) in [6.07, 6.45) is -5.06. The SMILES string of the molecule is CCC1(C)C(=O)NC(C)(C)C(=O)N1CCCC(F)(F)F. The molecule has 1 fully saturated rings. The molecule has 0 saturated carbocycles. The zero-order valence-electron chi connectivity index (χ0n) is 12.2. The summed E-state index contributed by atoms with van der Waals surface area (Å²) in [4.78, 5) is 25.8. The predicted octanol–water partition coefficient (Wildman–Crippen LogP) is 2.23. The van der Waals surface area contributed by atoms with Crippen molar-refractivity contribution in [1.29, 1.82) is 0 Å². The van der Waals surface area contributed by atoms with Crippen molar-refractivity contribution in [3.8, 4) is 0 Å². The number of hydrogen-bond donors (Lipinski definition) is 1. The molecule has 1 rings (SSSR count). The van der Waals surface area contributed by atoms with Crippen LogP contribution in [0.4, 0.5) is 13.2 Å². The van der Waals surface area contributed by atoms with Gasteiger partial charge in [-0.1, -0.05) is 6.92 Å². The Balaban J connectivity index is 2.91. The van der Waals surface area contributed by atoms with E-state index < -0.39 is 23.7 Å². The van der Waals surface area contributed by atoms with Crippen LogP contribution in [-0.2, 0) is 9.59 Å². The third-order valence-corrected chi connectivity index (χ3v) is 3.82. The zero-order chi connectivity index (χ0) is 15.8. The fourth-order valence-electron chi connectivity index (χ4n) is 2.29. The van der Waals surface area contributed by atoms with Gasteiger partial charge in [-0.15, -0.1) is 0 Å². The molecule has 0 aliphatic carbocycles. The molecule has 1 aliphatic heterocycles. The minimum atomic E-state index is -4.25. The van der Waals surface area contributed by atoms with Gasteiger partial charge in [0.2, 0.25) is 11.8 Å². The maximum Gasteiger partial charge on any atom is 0.389 e. The van der Waals surface area contributed by atoms with Gasteiger partial charge in [0, 0.05) is 13.0 Å². The van der Waals surface area contributed by atoms with Crippen molar-refractivity contribution in [2.75, 3.05) is 6.54 Å². The fourth-order valence-corrected chi connectivity index (χ4v) is 2.29. The monoisotopic (exact) mass is 294 g/mol. The summed E-state index contributed by atoms with van der Waals surface area (Å²) in [5, 5.41) is 2.63. The van der Waals surface area contributed by atoms with Crippen LogP contribution in [0, 0.1) is 0 Å². The topological polar surface area (TPSA) is 49.4 Å². The number of carbonyl (C=O) groups is 2. The normalized spacial score (nSPS) is 26.6. The first kappa shape index (κ1) is 16.8. The molecule has 1 unspecified atom stereocenters. The van der Waals surface area contributed by atoms with E-state index in [1.54, 1.807) is 27.7 Å². The van der Waals surface area contributed by atoms with Gasteiger partial charge in [-0.05, 0) is 33.6 Å². The third-order valence-electron chi connectivity index (χ3n) is 3.82. The minimum Gasteiger partial charge on any atom is -0.340 e. The van der Waals surface area contributed by atoms with Gasteiger partial charge in [-0.2, -0.15) is 13.2 Å². The molecule has 1 saturated heterocycles. The van der Waals surface area contributed by atoms with E-state index in [1.807, 2.05) is 0 Å². The Morgan fingerprint density at radius 1 is 1.20 bits per heavy atom. The molecule has 1 aliphatic rings. The van der Waals surface area contributed by atoms with Gasteiger partial charge >= 0.3 is 6.18 Å². The van der Waals surface area contributed by atoms with Crippen molar-refractivity contribution in [1.82, 2.24) is 10.2 Å². The lowest BCUT2D eigenvalue weighted by Gasteiger charge is -2.49. The summed E-state index contributed by atoms with van der Waals surface area (Å²) < 4.78 is 36.7. The number of nitrogens with zero attached hydrogens (tertiary/aromatic N) is 1. The molecule has 0 aromatic carbocycles. The lowest BCUT2D eigenvalue weighted by Crippen LogP contribution is -2.73. The first-order valence-corrected chi connectivity index (χ1v) is 6.65. The van der Waals surface area contributed by atoms with Gasteiger partial charge in [0.05, 0.1) is 0 Å². The molecule has 20 heavy (non-hydrogen) atoms. The van der Waals surface area contributed by atoms with Crippen LogP contribution in [0.3, 0.4) is 0 Å². The number of halogens is 3. The van der Waals surface area contributed by atoms with Crippen molar-refractivity contribution in [2.45, 2.75) is 64.2 Å². The number of piperazine rings is 1. The molecule has 2 amide bonds. The van der Waals surface area contributed by atoms with Gasteiger partial charge in [0.15, 0.2) is 0 Å². The van der Waals surface area contributed by atoms with Gasteiger partial charge < -0.3 is 10.2 Å². The first-order valence-electron chi connectivity index (χ1n) is 6.65. The maximum atomic E-state index is 12.4. The average Bonchev–Trinajstić information content (AvgIpc) is 2.29. The highest BCUT2D eigenvalue weighted by molar-refractivity contribution is 6.01. The number of carbonyl (C=O) groups excluding carboxylic acids is 2. The fraction of sp³-hybridized carbons (Fsp3) is 0.846. The van der Waals surface area contributed by atoms with Crippen LogP contribution in [0.5, 0.6) is 0 Å². The van der Waals surface area contributed by atoms with E-state index in [0.717, 1.165) is 0 Å². The number of amides is 2. The van der Waals surface area contributed by atoms with Gasteiger partial charge in [0.25, 0.3) is 0 Å². The highest BCUT2D eigenvalue weighted by Crippen LogP contribution is 2.30. The molecule has 1 heterocycles. The predicted molar refractivity (Wildman–Crippen MR) is 67.9 cm³/mol. The molecule has 7 heteroatoms. The minimum absolute atomic E-state index is 0.0699. The number of nitrogens with one attached hydrogen (secondary N) is 1. The molecule has 0 spiro atoms. The molecule has 116 valence electrons. The summed E-state index contributed by atoms with van der Waals surface area (Å²) in [5.41, 5.74) is -2.16. The molecule has 0 radical (unpaired) electrons. The van der Waals surface area contributed by atoms with E-state index in [-0.39, 0.29) is 24.8 Å². The largest absolute Gasteiger partial charge is 0.389 e. The van der Waals surface area contributed by atoms with Gasteiger partial charge in [0.1, 0.15) is 11.1 Å². The van der Waals surface area contributed by atoms with Crippen LogP contribution in [0.2, 0.25) is 0 Å². The molecule has 4 nitrogen and oxygen atoms in total. The van der Waals surface area contributed by atoms with Crippen LogP contribution in [0.1, 0.15) is 47.0 Å². The summed E-state index contributed by atoms with van der Waals surface area (Å²) in [7, 11) is 0. The Labute approximate surface area is 116 Å². The third kappa shape index (κ3) is 3.24. The van der Waals surface area contributed by atoms with Crippen LogP contribution in [0.15, 0.2) is 0 Å². The average molecular weight is 294 g/mol. The molecule has 1 N–H and O–H groups in total. The number of hydrogen-bond acceptors (Lipinski definition) is 2. The number of rotatable bonds is 4. The Bertz CT molecular complexity index is 407. The quantitative estimate of drug-likeness (QED) is 0.864. The Hall–Kier alpha value is -1.27. The van der Waals surface area contributed by atoms with Crippen molar-refractivity contribution in [3.05, 3.63) is 0 Å². The van der Waals surface area contributed by atoms with Gasteiger partial charge in [-0.25, -0.2) is 0 Å². The van der Waals surface area contributed by atoms with E-state index in [0.29, 0.717) is 6.42 Å². The summed E-state index contributed by atoms with van der Waals surface area (Å²) in [6, 6.07) is 0. The highest BCUT2D eigenvalue weighted by Gasteiger charge is 2.51. The van der Waals surface area contributed by atoms with E-state index in [2.05, 4.69) is 5.32 Å². The zero-order valence-corrected chi connectivity index (χ0v) is 12.2. The van der Waals surface area contributed by atoms with Crippen LogP contribution in [-0.4, -0.2) is 40.5 Å². The summed E-state index contributed by atoms with van der Waals surface area (Å²) in [5.74, 6) is -0.666. The molecule has 0 aromatic rings.